The zero-order chi connectivity index (χ0) is 14.2. The Morgan fingerprint density at radius 2 is 1.30 bits per heavy atom. The number of halogens is 1. The number of hydrogen-bond donors (Lipinski definition) is 1. The van der Waals surface area contributed by atoms with Crippen molar-refractivity contribution in [2.24, 2.45) is 5.73 Å². The third-order valence-corrected chi connectivity index (χ3v) is 2.80. The lowest BCUT2D eigenvalue weighted by atomic mass is 10.2. The highest BCUT2D eigenvalue weighted by Crippen LogP contribution is 2.13. The number of nitrogens with two attached hydrogens (primary N) is 1. The van der Waals surface area contributed by atoms with Gasteiger partial charge in [0.15, 0.2) is 0 Å². The first-order valence-electron chi connectivity index (χ1n) is 6.58. The Kier molecular flexibility index (Phi) is 5.38. The van der Waals surface area contributed by atoms with E-state index in [-0.39, 0.29) is 5.82 Å². The molecule has 106 valence electrons. The van der Waals surface area contributed by atoms with Crippen LogP contribution in [0.15, 0.2) is 48.5 Å². The summed E-state index contributed by atoms with van der Waals surface area (Å²) in [5.74, 6) is 1.23. The molecule has 0 spiro atoms. The van der Waals surface area contributed by atoms with Gasteiger partial charge < -0.3 is 15.2 Å². The molecule has 0 radical (unpaired) electrons. The Bertz CT molecular complexity index is 511. The van der Waals surface area contributed by atoms with Crippen molar-refractivity contribution < 1.29 is 13.9 Å². The van der Waals surface area contributed by atoms with Gasteiger partial charge in [-0.15, -0.1) is 0 Å². The summed E-state index contributed by atoms with van der Waals surface area (Å²) in [6.45, 7) is 1.64. The molecule has 0 amide bonds. The van der Waals surface area contributed by atoms with Crippen molar-refractivity contribution in [2.45, 2.75) is 13.0 Å². The van der Waals surface area contributed by atoms with Gasteiger partial charge in [0.05, 0.1) is 13.2 Å². The summed E-state index contributed by atoms with van der Waals surface area (Å²) < 4.78 is 23.7. The predicted molar refractivity (Wildman–Crippen MR) is 76.3 cm³/mol. The fraction of sp³-hybridized carbons (Fsp3) is 0.250. The molecular weight excluding hydrogens is 257 g/mol. The van der Waals surface area contributed by atoms with E-state index in [0.29, 0.717) is 25.5 Å². The Hall–Kier alpha value is -2.07. The summed E-state index contributed by atoms with van der Waals surface area (Å²) in [5.41, 5.74) is 6.60. The van der Waals surface area contributed by atoms with Crippen molar-refractivity contribution in [3.05, 3.63) is 59.9 Å². The van der Waals surface area contributed by atoms with Crippen LogP contribution in [0.5, 0.6) is 11.5 Å². The van der Waals surface area contributed by atoms with E-state index in [0.717, 1.165) is 17.7 Å². The third-order valence-electron chi connectivity index (χ3n) is 2.80. The quantitative estimate of drug-likeness (QED) is 0.790. The van der Waals surface area contributed by atoms with Crippen molar-refractivity contribution in [3.8, 4) is 11.5 Å². The minimum absolute atomic E-state index is 0.262. The van der Waals surface area contributed by atoms with Crippen molar-refractivity contribution in [3.63, 3.8) is 0 Å². The van der Waals surface area contributed by atoms with Gasteiger partial charge in [-0.05, 0) is 42.0 Å². The first kappa shape index (κ1) is 14.3. The normalized spacial score (nSPS) is 10.3. The maximum atomic E-state index is 12.7. The largest absolute Gasteiger partial charge is 0.493 e. The minimum atomic E-state index is -0.262. The standard InChI is InChI=1S/C16H18FNO2/c17-14-4-8-16(9-5-14)20-11-1-10-19-15-6-2-13(12-18)3-7-15/h2-9H,1,10-12,18H2. The molecular formula is C16H18FNO2. The summed E-state index contributed by atoms with van der Waals surface area (Å²) in [5, 5.41) is 0. The molecule has 4 heteroatoms. The molecule has 2 aromatic rings. The molecule has 2 N–H and O–H groups in total. The minimum Gasteiger partial charge on any atom is -0.493 e. The molecule has 0 aliphatic rings. The summed E-state index contributed by atoms with van der Waals surface area (Å²) in [6.07, 6.45) is 0.760. The topological polar surface area (TPSA) is 44.5 Å². The monoisotopic (exact) mass is 275 g/mol. The molecule has 0 fully saturated rings. The van der Waals surface area contributed by atoms with E-state index in [1.807, 2.05) is 24.3 Å². The van der Waals surface area contributed by atoms with Gasteiger partial charge in [-0.1, -0.05) is 12.1 Å². The van der Waals surface area contributed by atoms with Crippen LogP contribution in [-0.4, -0.2) is 13.2 Å². The first-order valence-corrected chi connectivity index (χ1v) is 6.58. The van der Waals surface area contributed by atoms with Gasteiger partial charge in [-0.25, -0.2) is 4.39 Å². The highest BCUT2D eigenvalue weighted by molar-refractivity contribution is 5.27. The second-order valence-corrected chi connectivity index (χ2v) is 4.35. The van der Waals surface area contributed by atoms with E-state index in [1.165, 1.54) is 12.1 Å². The lowest BCUT2D eigenvalue weighted by Crippen LogP contribution is -2.05. The summed E-state index contributed by atoms with van der Waals surface area (Å²) in [4.78, 5) is 0. The Balaban J connectivity index is 1.64. The Morgan fingerprint density at radius 1 is 0.800 bits per heavy atom. The van der Waals surface area contributed by atoms with E-state index in [4.69, 9.17) is 15.2 Å². The van der Waals surface area contributed by atoms with Crippen LogP contribution >= 0.6 is 0 Å². The average Bonchev–Trinajstić information content (AvgIpc) is 2.49. The maximum absolute atomic E-state index is 12.7. The predicted octanol–water partition coefficient (Wildman–Crippen LogP) is 3.13. The Morgan fingerprint density at radius 3 is 1.80 bits per heavy atom. The number of ether oxygens (including phenoxy) is 2. The molecule has 0 saturated heterocycles. The van der Waals surface area contributed by atoms with Crippen molar-refractivity contribution >= 4 is 0 Å². The van der Waals surface area contributed by atoms with Gasteiger partial charge in [0, 0.05) is 13.0 Å². The van der Waals surface area contributed by atoms with Crippen molar-refractivity contribution in [1.29, 1.82) is 0 Å². The lowest BCUT2D eigenvalue weighted by Gasteiger charge is -2.08. The summed E-state index contributed by atoms with van der Waals surface area (Å²) in [7, 11) is 0. The van der Waals surface area contributed by atoms with Gasteiger partial charge in [0.1, 0.15) is 17.3 Å². The summed E-state index contributed by atoms with van der Waals surface area (Å²) in [6, 6.07) is 13.7. The molecule has 2 rings (SSSR count). The number of hydrogen-bond acceptors (Lipinski definition) is 3. The molecule has 0 heterocycles. The number of benzene rings is 2. The zero-order valence-corrected chi connectivity index (χ0v) is 11.2. The van der Waals surface area contributed by atoms with Crippen LogP contribution in [0.25, 0.3) is 0 Å². The van der Waals surface area contributed by atoms with Gasteiger partial charge >= 0.3 is 0 Å². The average molecular weight is 275 g/mol. The van der Waals surface area contributed by atoms with Crippen LogP contribution in [0.2, 0.25) is 0 Å². The van der Waals surface area contributed by atoms with Crippen LogP contribution < -0.4 is 15.2 Å². The molecule has 0 atom stereocenters. The molecule has 20 heavy (non-hydrogen) atoms. The van der Waals surface area contributed by atoms with E-state index in [9.17, 15) is 4.39 Å². The third kappa shape index (κ3) is 4.55. The van der Waals surface area contributed by atoms with E-state index in [2.05, 4.69) is 0 Å². The Labute approximate surface area is 118 Å². The maximum Gasteiger partial charge on any atom is 0.123 e. The first-order chi connectivity index (χ1) is 9.78. The smallest absolute Gasteiger partial charge is 0.123 e. The molecule has 0 saturated carbocycles. The van der Waals surface area contributed by atoms with Gasteiger partial charge in [-0.3, -0.25) is 0 Å². The molecule has 0 aliphatic carbocycles. The fourth-order valence-electron chi connectivity index (χ4n) is 1.69. The van der Waals surface area contributed by atoms with Gasteiger partial charge in [-0.2, -0.15) is 0 Å². The summed E-state index contributed by atoms with van der Waals surface area (Å²) >= 11 is 0. The molecule has 0 unspecified atom stereocenters. The van der Waals surface area contributed by atoms with Gasteiger partial charge in [0.25, 0.3) is 0 Å². The fourth-order valence-corrected chi connectivity index (χ4v) is 1.69. The van der Waals surface area contributed by atoms with Gasteiger partial charge in [0.2, 0.25) is 0 Å². The van der Waals surface area contributed by atoms with Crippen LogP contribution in [0.1, 0.15) is 12.0 Å². The molecule has 0 aromatic heterocycles. The molecule has 0 bridgehead atoms. The van der Waals surface area contributed by atoms with E-state index in [1.54, 1.807) is 12.1 Å². The van der Waals surface area contributed by atoms with Crippen molar-refractivity contribution in [1.82, 2.24) is 0 Å². The molecule has 2 aromatic carbocycles. The SMILES string of the molecule is NCc1ccc(OCCCOc2ccc(F)cc2)cc1. The molecule has 0 aliphatic heterocycles. The van der Waals surface area contributed by atoms with Crippen molar-refractivity contribution in [2.75, 3.05) is 13.2 Å². The van der Waals surface area contributed by atoms with Crippen LogP contribution in [0.4, 0.5) is 4.39 Å². The van der Waals surface area contributed by atoms with Crippen LogP contribution in [0.3, 0.4) is 0 Å². The highest BCUT2D eigenvalue weighted by Gasteiger charge is 1.97. The highest BCUT2D eigenvalue weighted by atomic mass is 19.1. The van der Waals surface area contributed by atoms with E-state index >= 15 is 0 Å². The lowest BCUT2D eigenvalue weighted by molar-refractivity contribution is 0.247. The number of rotatable bonds is 7. The second-order valence-electron chi connectivity index (χ2n) is 4.35. The van der Waals surface area contributed by atoms with E-state index < -0.39 is 0 Å². The van der Waals surface area contributed by atoms with Crippen LogP contribution in [-0.2, 0) is 6.54 Å². The second kappa shape index (κ2) is 7.50. The molecule has 3 nitrogen and oxygen atoms in total. The van der Waals surface area contributed by atoms with Crippen LogP contribution in [0, 0.1) is 5.82 Å². The zero-order valence-electron chi connectivity index (χ0n) is 11.2.